The molecular weight excluding hydrogens is 349 g/mol. The topological polar surface area (TPSA) is 53.6 Å². The Kier molecular flexibility index (Phi) is 11.8. The van der Waals surface area contributed by atoms with Gasteiger partial charge in [0.2, 0.25) is 5.91 Å². The van der Waals surface area contributed by atoms with E-state index in [-0.39, 0.29) is 30.7 Å². The van der Waals surface area contributed by atoms with E-state index in [1.807, 2.05) is 38.4 Å². The maximum absolute atomic E-state index is 12.0. The number of nitrogens with one attached hydrogen (secondary N) is 2. The van der Waals surface area contributed by atoms with Gasteiger partial charge in [-0.25, -0.2) is 0 Å². The number of carbonyl (C=O) groups excluding carboxylic acids is 1. The molecule has 1 heterocycles. The normalized spacial score (nSPS) is 16.2. The molecule has 1 aromatic rings. The fourth-order valence-electron chi connectivity index (χ4n) is 2.55. The molecule has 1 fully saturated rings. The van der Waals surface area contributed by atoms with E-state index in [1.54, 1.807) is 0 Å². The number of hydrogen-bond donors (Lipinski definition) is 2. The summed E-state index contributed by atoms with van der Waals surface area (Å²) in [5, 5.41) is 6.34. The van der Waals surface area contributed by atoms with Crippen molar-refractivity contribution in [1.29, 1.82) is 0 Å². The third-order valence-electron chi connectivity index (χ3n) is 3.84. The average Bonchev–Trinajstić information content (AvgIpc) is 2.99. The van der Waals surface area contributed by atoms with Crippen molar-refractivity contribution in [3.63, 3.8) is 0 Å². The van der Waals surface area contributed by atoms with Gasteiger partial charge in [0, 0.05) is 31.1 Å². The Bertz CT molecular complexity index is 481. The highest BCUT2D eigenvalue weighted by Crippen LogP contribution is 2.18. The summed E-state index contributed by atoms with van der Waals surface area (Å²) in [4.78, 5) is 14.1. The van der Waals surface area contributed by atoms with Gasteiger partial charge in [-0.15, -0.1) is 24.8 Å². The third-order valence-corrected chi connectivity index (χ3v) is 3.84. The minimum Gasteiger partial charge on any atom is -0.492 e. The van der Waals surface area contributed by atoms with Gasteiger partial charge in [-0.1, -0.05) is 18.2 Å². The lowest BCUT2D eigenvalue weighted by atomic mass is 10.1. The van der Waals surface area contributed by atoms with E-state index in [0.717, 1.165) is 30.8 Å². The van der Waals surface area contributed by atoms with Crippen molar-refractivity contribution in [3.05, 3.63) is 29.8 Å². The first-order valence-electron chi connectivity index (χ1n) is 8.00. The van der Waals surface area contributed by atoms with E-state index < -0.39 is 0 Å². The Balaban J connectivity index is 0.00000264. The zero-order valence-corrected chi connectivity index (χ0v) is 16.0. The standard InChI is InChI=1S/C17H27N3O2.2ClH/c1-20(2)10-11-22-16-8-4-3-6-14(16)13-19-17(21)12-15-7-5-9-18-15;;/h3-4,6,8,15,18H,5,7,9-13H2,1-2H3,(H,19,21);2*1H. The molecule has 0 bridgehead atoms. The van der Waals surface area contributed by atoms with Gasteiger partial charge in [0.05, 0.1) is 0 Å². The van der Waals surface area contributed by atoms with Crippen molar-refractivity contribution in [2.75, 3.05) is 33.8 Å². The summed E-state index contributed by atoms with van der Waals surface area (Å²) in [6.07, 6.45) is 2.82. The van der Waals surface area contributed by atoms with Gasteiger partial charge >= 0.3 is 0 Å². The molecule has 1 saturated heterocycles. The van der Waals surface area contributed by atoms with E-state index in [1.165, 1.54) is 6.42 Å². The Morgan fingerprint density at radius 3 is 2.75 bits per heavy atom. The van der Waals surface area contributed by atoms with E-state index >= 15 is 0 Å². The number of hydrogen-bond acceptors (Lipinski definition) is 4. The molecule has 0 aliphatic carbocycles. The van der Waals surface area contributed by atoms with Gasteiger partial charge in [-0.2, -0.15) is 0 Å². The van der Waals surface area contributed by atoms with Crippen LogP contribution in [0, 0.1) is 0 Å². The number of benzene rings is 1. The number of nitrogens with zero attached hydrogens (tertiary/aromatic N) is 1. The van der Waals surface area contributed by atoms with Crippen LogP contribution in [0.5, 0.6) is 5.75 Å². The van der Waals surface area contributed by atoms with Crippen LogP contribution in [0.25, 0.3) is 0 Å². The molecule has 1 amide bonds. The number of halogens is 2. The van der Waals surface area contributed by atoms with Crippen molar-refractivity contribution in [3.8, 4) is 5.75 Å². The number of likely N-dealkylation sites (N-methyl/N-ethyl adjacent to an activating group) is 1. The molecule has 1 unspecified atom stereocenters. The summed E-state index contributed by atoms with van der Waals surface area (Å²) >= 11 is 0. The first-order valence-corrected chi connectivity index (χ1v) is 8.00. The second-order valence-electron chi connectivity index (χ2n) is 6.03. The summed E-state index contributed by atoms with van der Waals surface area (Å²) in [5.74, 6) is 0.950. The van der Waals surface area contributed by atoms with Crippen LogP contribution in [0.3, 0.4) is 0 Å². The molecule has 0 radical (unpaired) electrons. The zero-order chi connectivity index (χ0) is 15.8. The lowest BCUT2D eigenvalue weighted by Gasteiger charge is -2.15. The molecule has 138 valence electrons. The van der Waals surface area contributed by atoms with Crippen molar-refractivity contribution in [2.45, 2.75) is 31.8 Å². The first kappa shape index (κ1) is 23.0. The Morgan fingerprint density at radius 1 is 1.33 bits per heavy atom. The summed E-state index contributed by atoms with van der Waals surface area (Å²) < 4.78 is 5.81. The van der Waals surface area contributed by atoms with Gasteiger partial charge in [0.25, 0.3) is 0 Å². The molecule has 7 heteroatoms. The molecule has 1 aromatic carbocycles. The Morgan fingerprint density at radius 2 is 2.08 bits per heavy atom. The lowest BCUT2D eigenvalue weighted by Crippen LogP contribution is -2.31. The number of ether oxygens (including phenoxy) is 1. The van der Waals surface area contributed by atoms with Crippen LogP contribution in [-0.2, 0) is 11.3 Å². The molecule has 2 N–H and O–H groups in total. The van der Waals surface area contributed by atoms with E-state index in [9.17, 15) is 4.79 Å². The highest BCUT2D eigenvalue weighted by atomic mass is 35.5. The minimum absolute atomic E-state index is 0. The largest absolute Gasteiger partial charge is 0.492 e. The van der Waals surface area contributed by atoms with E-state index in [4.69, 9.17) is 4.74 Å². The lowest BCUT2D eigenvalue weighted by molar-refractivity contribution is -0.121. The molecule has 0 saturated carbocycles. The monoisotopic (exact) mass is 377 g/mol. The zero-order valence-electron chi connectivity index (χ0n) is 14.4. The van der Waals surface area contributed by atoms with Crippen LogP contribution in [0.2, 0.25) is 0 Å². The Labute approximate surface area is 157 Å². The van der Waals surface area contributed by atoms with E-state index in [2.05, 4.69) is 15.5 Å². The summed E-state index contributed by atoms with van der Waals surface area (Å²) in [5.41, 5.74) is 1.02. The van der Waals surface area contributed by atoms with Crippen LogP contribution < -0.4 is 15.4 Å². The molecule has 1 aliphatic rings. The SMILES string of the molecule is CN(C)CCOc1ccccc1CNC(=O)CC1CCCN1.Cl.Cl. The van der Waals surface area contributed by atoms with Crippen LogP contribution in [0.15, 0.2) is 24.3 Å². The second-order valence-corrected chi connectivity index (χ2v) is 6.03. The number of carbonyl (C=O) groups is 1. The summed E-state index contributed by atoms with van der Waals surface area (Å²) in [6.45, 7) is 3.06. The number of rotatable bonds is 8. The van der Waals surface area contributed by atoms with Crippen molar-refractivity contribution in [2.24, 2.45) is 0 Å². The smallest absolute Gasteiger partial charge is 0.221 e. The van der Waals surface area contributed by atoms with Gasteiger partial charge in [0.15, 0.2) is 0 Å². The maximum Gasteiger partial charge on any atom is 0.221 e. The van der Waals surface area contributed by atoms with Crippen LogP contribution >= 0.6 is 24.8 Å². The predicted octanol–water partition coefficient (Wildman–Crippen LogP) is 2.23. The van der Waals surface area contributed by atoms with Crippen molar-refractivity contribution >= 4 is 30.7 Å². The summed E-state index contributed by atoms with van der Waals surface area (Å²) in [7, 11) is 4.04. The van der Waals surface area contributed by atoms with Crippen LogP contribution in [0.1, 0.15) is 24.8 Å². The highest BCUT2D eigenvalue weighted by molar-refractivity contribution is 5.85. The van der Waals surface area contributed by atoms with Crippen molar-refractivity contribution in [1.82, 2.24) is 15.5 Å². The third kappa shape index (κ3) is 8.20. The van der Waals surface area contributed by atoms with Gasteiger partial charge in [-0.3, -0.25) is 4.79 Å². The van der Waals surface area contributed by atoms with E-state index in [0.29, 0.717) is 25.6 Å². The Hall–Kier alpha value is -1.01. The van der Waals surface area contributed by atoms with Crippen molar-refractivity contribution < 1.29 is 9.53 Å². The molecule has 24 heavy (non-hydrogen) atoms. The predicted molar refractivity (Wildman–Crippen MR) is 102 cm³/mol. The second kappa shape index (κ2) is 12.4. The number of amides is 1. The van der Waals surface area contributed by atoms with Crippen LogP contribution in [0.4, 0.5) is 0 Å². The first-order chi connectivity index (χ1) is 10.6. The summed E-state index contributed by atoms with van der Waals surface area (Å²) in [6, 6.07) is 8.22. The van der Waals surface area contributed by atoms with Crippen LogP contribution in [-0.4, -0.2) is 50.6 Å². The fraction of sp³-hybridized carbons (Fsp3) is 0.588. The molecular formula is C17H29Cl2N3O2. The minimum atomic E-state index is 0. The molecule has 2 rings (SSSR count). The quantitative estimate of drug-likeness (QED) is 0.729. The molecule has 0 spiro atoms. The maximum atomic E-state index is 12.0. The molecule has 1 aliphatic heterocycles. The molecule has 1 atom stereocenters. The molecule has 5 nitrogen and oxygen atoms in total. The van der Waals surface area contributed by atoms with Gasteiger partial charge in [0.1, 0.15) is 12.4 Å². The van der Waals surface area contributed by atoms with Gasteiger partial charge < -0.3 is 20.3 Å². The fourth-order valence-corrected chi connectivity index (χ4v) is 2.55. The molecule has 0 aromatic heterocycles. The highest BCUT2D eigenvalue weighted by Gasteiger charge is 2.17. The van der Waals surface area contributed by atoms with Gasteiger partial charge in [-0.05, 0) is 39.5 Å². The number of para-hydroxylation sites is 1. The average molecular weight is 378 g/mol.